The third-order valence-electron chi connectivity index (χ3n) is 4.89. The summed E-state index contributed by atoms with van der Waals surface area (Å²) < 4.78 is 41.8. The second kappa shape index (κ2) is 8.78. The van der Waals surface area contributed by atoms with Crippen LogP contribution in [0.3, 0.4) is 0 Å². The summed E-state index contributed by atoms with van der Waals surface area (Å²) in [6.07, 6.45) is -3.30. The van der Waals surface area contributed by atoms with Crippen molar-refractivity contribution in [3.8, 4) is 5.75 Å². The molecule has 1 aliphatic heterocycles. The number of rotatable bonds is 6. The summed E-state index contributed by atoms with van der Waals surface area (Å²) in [5.74, 6) is -1.59. The third kappa shape index (κ3) is 5.03. The number of halogens is 3. The van der Waals surface area contributed by atoms with Crippen LogP contribution in [0.25, 0.3) is 5.57 Å². The van der Waals surface area contributed by atoms with E-state index >= 15 is 0 Å². The molecule has 0 fully saturated rings. The number of imide groups is 1. The highest BCUT2D eigenvalue weighted by atomic mass is 19.4. The zero-order valence-electron chi connectivity index (χ0n) is 17.4. The minimum absolute atomic E-state index is 0.0380. The van der Waals surface area contributed by atoms with Crippen molar-refractivity contribution in [3.63, 3.8) is 0 Å². The number of ether oxygens (including phenoxy) is 1. The Bertz CT molecular complexity index is 1220. The fourth-order valence-electron chi connectivity index (χ4n) is 3.39. The van der Waals surface area contributed by atoms with Gasteiger partial charge in [-0.25, -0.2) is 0 Å². The van der Waals surface area contributed by atoms with Gasteiger partial charge in [0.1, 0.15) is 11.4 Å². The lowest BCUT2D eigenvalue weighted by Crippen LogP contribution is -2.32. The lowest BCUT2D eigenvalue weighted by Gasteiger charge is -2.15. The fraction of sp³-hybridized carbons (Fsp3) is 0.125. The Labute approximate surface area is 187 Å². The second-order valence-electron chi connectivity index (χ2n) is 7.33. The molecule has 0 atom stereocenters. The standard InChI is InChI=1S/C24H18F3N3O3/c1-15-8-10-16(11-9-15)20-21(29-17-6-4-7-19(13-17)33-24(25,26)27)23(32)30(22(20)31)14-18-5-2-3-12-28-18/h2-13,29H,14H2,1H3. The molecule has 2 heterocycles. The topological polar surface area (TPSA) is 71.5 Å². The summed E-state index contributed by atoms with van der Waals surface area (Å²) in [5, 5.41) is 2.83. The Morgan fingerprint density at radius 3 is 2.39 bits per heavy atom. The first-order valence-electron chi connectivity index (χ1n) is 9.91. The van der Waals surface area contributed by atoms with Gasteiger partial charge in [0.05, 0.1) is 17.8 Å². The molecule has 0 aliphatic carbocycles. The maximum absolute atomic E-state index is 13.3. The largest absolute Gasteiger partial charge is 0.573 e. The molecule has 2 aromatic carbocycles. The maximum Gasteiger partial charge on any atom is 0.573 e. The number of nitrogens with zero attached hydrogens (tertiary/aromatic N) is 2. The molecule has 2 amide bonds. The van der Waals surface area contributed by atoms with Crippen molar-refractivity contribution in [3.05, 3.63) is 95.4 Å². The average Bonchev–Trinajstić information content (AvgIpc) is 2.98. The van der Waals surface area contributed by atoms with E-state index in [1.807, 2.05) is 6.92 Å². The molecule has 9 heteroatoms. The van der Waals surface area contributed by atoms with Gasteiger partial charge in [-0.05, 0) is 36.8 Å². The molecule has 6 nitrogen and oxygen atoms in total. The van der Waals surface area contributed by atoms with E-state index in [4.69, 9.17) is 0 Å². The summed E-state index contributed by atoms with van der Waals surface area (Å²) in [4.78, 5) is 31.7. The minimum atomic E-state index is -4.86. The molecule has 4 rings (SSSR count). The maximum atomic E-state index is 13.3. The number of alkyl halides is 3. The number of anilines is 1. The molecule has 0 saturated heterocycles. The van der Waals surface area contributed by atoms with Gasteiger partial charge in [-0.1, -0.05) is 42.0 Å². The van der Waals surface area contributed by atoms with Crippen LogP contribution >= 0.6 is 0 Å². The first-order valence-corrected chi connectivity index (χ1v) is 9.91. The Balaban J connectivity index is 1.71. The van der Waals surface area contributed by atoms with E-state index in [0.717, 1.165) is 22.6 Å². The molecule has 1 N–H and O–H groups in total. The van der Waals surface area contributed by atoms with Gasteiger partial charge in [0.15, 0.2) is 0 Å². The zero-order chi connectivity index (χ0) is 23.6. The van der Waals surface area contributed by atoms with Gasteiger partial charge in [-0.15, -0.1) is 13.2 Å². The van der Waals surface area contributed by atoms with Crippen LogP contribution in [-0.2, 0) is 16.1 Å². The van der Waals surface area contributed by atoms with Crippen LogP contribution in [0.5, 0.6) is 5.75 Å². The van der Waals surface area contributed by atoms with Gasteiger partial charge in [-0.2, -0.15) is 0 Å². The summed E-state index contributed by atoms with van der Waals surface area (Å²) in [7, 11) is 0. The van der Waals surface area contributed by atoms with Crippen molar-refractivity contribution in [1.29, 1.82) is 0 Å². The molecular formula is C24H18F3N3O3. The molecule has 1 aliphatic rings. The number of pyridine rings is 1. The van der Waals surface area contributed by atoms with Crippen LogP contribution in [0.1, 0.15) is 16.8 Å². The third-order valence-corrected chi connectivity index (χ3v) is 4.89. The number of hydrogen-bond acceptors (Lipinski definition) is 5. The van der Waals surface area contributed by atoms with Crippen molar-refractivity contribution < 1.29 is 27.5 Å². The van der Waals surface area contributed by atoms with E-state index in [2.05, 4.69) is 15.0 Å². The molecule has 3 aromatic rings. The summed E-state index contributed by atoms with van der Waals surface area (Å²) in [6, 6.07) is 17.3. The van der Waals surface area contributed by atoms with E-state index in [9.17, 15) is 22.8 Å². The quantitative estimate of drug-likeness (QED) is 0.549. The van der Waals surface area contributed by atoms with Gasteiger partial charge in [0.25, 0.3) is 11.8 Å². The normalized spacial score (nSPS) is 14.1. The Morgan fingerprint density at radius 1 is 0.970 bits per heavy atom. The van der Waals surface area contributed by atoms with Crippen molar-refractivity contribution in [2.75, 3.05) is 5.32 Å². The van der Waals surface area contributed by atoms with Crippen molar-refractivity contribution in [1.82, 2.24) is 9.88 Å². The van der Waals surface area contributed by atoms with Crippen LogP contribution in [0, 0.1) is 6.92 Å². The van der Waals surface area contributed by atoms with Crippen LogP contribution in [-0.4, -0.2) is 28.1 Å². The van der Waals surface area contributed by atoms with Gasteiger partial charge in [0.2, 0.25) is 0 Å². The Hall–Kier alpha value is -4.14. The Kier molecular flexibility index (Phi) is 5.87. The van der Waals surface area contributed by atoms with Gasteiger partial charge >= 0.3 is 6.36 Å². The van der Waals surface area contributed by atoms with Gasteiger partial charge in [-0.3, -0.25) is 19.5 Å². The van der Waals surface area contributed by atoms with Crippen molar-refractivity contribution in [2.24, 2.45) is 0 Å². The summed E-state index contributed by atoms with van der Waals surface area (Å²) >= 11 is 0. The first kappa shape index (κ1) is 22.1. The molecule has 0 radical (unpaired) electrons. The SMILES string of the molecule is Cc1ccc(C2=C(Nc3cccc(OC(F)(F)F)c3)C(=O)N(Cc3ccccn3)C2=O)cc1. The smallest absolute Gasteiger partial charge is 0.406 e. The lowest BCUT2D eigenvalue weighted by molar-refractivity contribution is -0.274. The molecule has 0 saturated carbocycles. The van der Waals surface area contributed by atoms with E-state index in [1.165, 1.54) is 12.1 Å². The minimum Gasteiger partial charge on any atom is -0.406 e. The zero-order valence-corrected chi connectivity index (χ0v) is 17.4. The predicted molar refractivity (Wildman–Crippen MR) is 115 cm³/mol. The van der Waals surface area contributed by atoms with Crippen LogP contribution in [0.15, 0.2) is 78.6 Å². The monoisotopic (exact) mass is 453 g/mol. The highest BCUT2D eigenvalue weighted by Crippen LogP contribution is 2.33. The molecular weight excluding hydrogens is 435 g/mol. The van der Waals surface area contributed by atoms with E-state index < -0.39 is 23.9 Å². The number of aryl methyl sites for hydroxylation is 1. The van der Waals surface area contributed by atoms with Crippen LogP contribution < -0.4 is 10.1 Å². The molecule has 0 bridgehead atoms. The lowest BCUT2D eigenvalue weighted by atomic mass is 10.0. The van der Waals surface area contributed by atoms with Crippen molar-refractivity contribution in [2.45, 2.75) is 19.8 Å². The first-order chi connectivity index (χ1) is 15.7. The van der Waals surface area contributed by atoms with Gasteiger partial charge in [0, 0.05) is 18.0 Å². The van der Waals surface area contributed by atoms with E-state index in [-0.39, 0.29) is 23.5 Å². The average molecular weight is 453 g/mol. The molecule has 0 unspecified atom stereocenters. The molecule has 0 spiro atoms. The highest BCUT2D eigenvalue weighted by Gasteiger charge is 2.39. The highest BCUT2D eigenvalue weighted by molar-refractivity contribution is 6.36. The molecule has 1 aromatic heterocycles. The van der Waals surface area contributed by atoms with E-state index in [0.29, 0.717) is 11.3 Å². The number of hydrogen-bond donors (Lipinski definition) is 1. The number of carbonyl (C=O) groups excluding carboxylic acids is 2. The number of aromatic nitrogens is 1. The molecule has 168 valence electrons. The second-order valence-corrected chi connectivity index (χ2v) is 7.33. The predicted octanol–water partition coefficient (Wildman–Crippen LogP) is 4.68. The van der Waals surface area contributed by atoms with E-state index in [1.54, 1.807) is 48.7 Å². The number of carbonyl (C=O) groups is 2. The fourth-order valence-corrected chi connectivity index (χ4v) is 3.39. The summed E-state index contributed by atoms with van der Waals surface area (Å²) in [5.41, 5.74) is 2.24. The number of nitrogens with one attached hydrogen (secondary N) is 1. The number of amides is 2. The molecule has 33 heavy (non-hydrogen) atoms. The van der Waals surface area contributed by atoms with Crippen LogP contribution in [0.2, 0.25) is 0 Å². The van der Waals surface area contributed by atoms with Gasteiger partial charge < -0.3 is 10.1 Å². The Morgan fingerprint density at radius 2 is 1.73 bits per heavy atom. The number of benzene rings is 2. The summed E-state index contributed by atoms with van der Waals surface area (Å²) in [6.45, 7) is 1.84. The van der Waals surface area contributed by atoms with Crippen LogP contribution in [0.4, 0.5) is 18.9 Å². The van der Waals surface area contributed by atoms with Crippen molar-refractivity contribution >= 4 is 23.1 Å².